The van der Waals surface area contributed by atoms with Crippen LogP contribution in [0.4, 0.5) is 5.82 Å². The number of anilines is 1. The number of nitrogens with one attached hydrogen (secondary N) is 1. The standard InChI is InChI=1S/C21H29N3O3/c1-22-19-11-7-10-18(24-19)9-6-4-3-5-8-16(14-21(25)26)17-12-13-20(27-2)23-15-17/h7,10-13,15-16H,3-6,8-9,14H2,1-2H3,(H,22,24)(H,25,26)/t16-/m0/s1. The van der Waals surface area contributed by atoms with Gasteiger partial charge in [0.15, 0.2) is 0 Å². The average Bonchev–Trinajstić information content (AvgIpc) is 2.69. The molecule has 146 valence electrons. The highest BCUT2D eigenvalue weighted by Gasteiger charge is 2.16. The molecule has 0 aromatic carbocycles. The number of hydrogen-bond donors (Lipinski definition) is 2. The zero-order chi connectivity index (χ0) is 19.5. The number of hydrogen-bond acceptors (Lipinski definition) is 5. The minimum absolute atomic E-state index is 0.00474. The fraction of sp³-hybridized carbons (Fsp3) is 0.476. The van der Waals surface area contributed by atoms with Crippen LogP contribution >= 0.6 is 0 Å². The van der Waals surface area contributed by atoms with Gasteiger partial charge in [0, 0.05) is 25.0 Å². The Labute approximate surface area is 161 Å². The lowest BCUT2D eigenvalue weighted by molar-refractivity contribution is -0.137. The van der Waals surface area contributed by atoms with Gasteiger partial charge in [0.05, 0.1) is 13.5 Å². The lowest BCUT2D eigenvalue weighted by Crippen LogP contribution is -2.07. The van der Waals surface area contributed by atoms with E-state index in [9.17, 15) is 9.90 Å². The molecular weight excluding hydrogens is 342 g/mol. The van der Waals surface area contributed by atoms with Gasteiger partial charge in [-0.1, -0.05) is 31.4 Å². The van der Waals surface area contributed by atoms with E-state index in [1.165, 1.54) is 0 Å². The van der Waals surface area contributed by atoms with E-state index in [1.807, 2.05) is 25.2 Å². The molecule has 6 nitrogen and oxygen atoms in total. The van der Waals surface area contributed by atoms with Crippen LogP contribution in [-0.2, 0) is 11.2 Å². The highest BCUT2D eigenvalue weighted by Crippen LogP contribution is 2.27. The summed E-state index contributed by atoms with van der Waals surface area (Å²) in [7, 11) is 3.44. The van der Waals surface area contributed by atoms with Crippen LogP contribution in [0.5, 0.6) is 5.88 Å². The normalized spacial score (nSPS) is 11.8. The molecular formula is C21H29N3O3. The number of pyridine rings is 2. The summed E-state index contributed by atoms with van der Waals surface area (Å²) in [5.74, 6) is 0.669. The highest BCUT2D eigenvalue weighted by molar-refractivity contribution is 5.68. The first-order chi connectivity index (χ1) is 13.1. The molecule has 0 aliphatic carbocycles. The van der Waals surface area contributed by atoms with E-state index >= 15 is 0 Å². The van der Waals surface area contributed by atoms with Gasteiger partial charge < -0.3 is 15.2 Å². The first-order valence-electron chi connectivity index (χ1n) is 9.47. The minimum atomic E-state index is -0.772. The second-order valence-corrected chi connectivity index (χ2v) is 6.65. The van der Waals surface area contributed by atoms with Crippen LogP contribution < -0.4 is 10.1 Å². The molecule has 1 atom stereocenters. The summed E-state index contributed by atoms with van der Waals surface area (Å²) >= 11 is 0. The maximum Gasteiger partial charge on any atom is 0.303 e. The summed E-state index contributed by atoms with van der Waals surface area (Å²) in [5.41, 5.74) is 2.07. The fourth-order valence-electron chi connectivity index (χ4n) is 3.16. The van der Waals surface area contributed by atoms with Crippen molar-refractivity contribution in [2.45, 2.75) is 50.9 Å². The zero-order valence-corrected chi connectivity index (χ0v) is 16.1. The molecule has 0 saturated heterocycles. The van der Waals surface area contributed by atoms with Crippen molar-refractivity contribution in [2.75, 3.05) is 19.5 Å². The molecule has 0 bridgehead atoms. The number of unbranched alkanes of at least 4 members (excludes halogenated alkanes) is 3. The van der Waals surface area contributed by atoms with Crippen LogP contribution in [0.3, 0.4) is 0 Å². The SMILES string of the molecule is CNc1cccc(CCCCCC[C@@H](CC(=O)O)c2ccc(OC)nc2)n1. The Bertz CT molecular complexity index is 704. The van der Waals surface area contributed by atoms with Gasteiger partial charge in [-0.2, -0.15) is 0 Å². The number of ether oxygens (including phenoxy) is 1. The van der Waals surface area contributed by atoms with Gasteiger partial charge in [0.25, 0.3) is 0 Å². The number of aliphatic carboxylic acids is 1. The van der Waals surface area contributed by atoms with Crippen molar-refractivity contribution in [3.63, 3.8) is 0 Å². The molecule has 0 saturated carbocycles. The Kier molecular flexibility index (Phi) is 8.55. The van der Waals surface area contributed by atoms with Crippen LogP contribution in [-0.4, -0.2) is 35.2 Å². The number of methoxy groups -OCH3 is 1. The smallest absolute Gasteiger partial charge is 0.303 e. The van der Waals surface area contributed by atoms with Gasteiger partial charge in [0.1, 0.15) is 5.82 Å². The fourth-order valence-corrected chi connectivity index (χ4v) is 3.16. The van der Waals surface area contributed by atoms with Crippen molar-refractivity contribution in [3.05, 3.63) is 47.8 Å². The van der Waals surface area contributed by atoms with Crippen LogP contribution in [0.25, 0.3) is 0 Å². The van der Waals surface area contributed by atoms with Gasteiger partial charge in [-0.15, -0.1) is 0 Å². The molecule has 2 heterocycles. The van der Waals surface area contributed by atoms with Crippen molar-refractivity contribution in [1.82, 2.24) is 9.97 Å². The average molecular weight is 371 g/mol. The second kappa shape index (κ2) is 11.2. The molecule has 0 unspecified atom stereocenters. The predicted octanol–water partition coefficient (Wildman–Crippen LogP) is 4.28. The molecule has 0 aliphatic rings. The number of carbonyl (C=O) groups is 1. The molecule has 2 aromatic rings. The van der Waals surface area contributed by atoms with E-state index in [1.54, 1.807) is 19.4 Å². The molecule has 0 fully saturated rings. The number of aryl methyl sites for hydroxylation is 1. The molecule has 27 heavy (non-hydrogen) atoms. The Hall–Kier alpha value is -2.63. The van der Waals surface area contributed by atoms with Gasteiger partial charge in [-0.3, -0.25) is 4.79 Å². The van der Waals surface area contributed by atoms with E-state index in [-0.39, 0.29) is 12.3 Å². The Morgan fingerprint density at radius 1 is 1.19 bits per heavy atom. The first kappa shape index (κ1) is 20.7. The molecule has 0 aliphatic heterocycles. The summed E-state index contributed by atoms with van der Waals surface area (Å²) in [5, 5.41) is 12.3. The van der Waals surface area contributed by atoms with E-state index < -0.39 is 5.97 Å². The van der Waals surface area contributed by atoms with Gasteiger partial charge in [-0.05, 0) is 42.9 Å². The number of carboxylic acid groups (broad SMARTS) is 1. The monoisotopic (exact) mass is 371 g/mol. The quantitative estimate of drug-likeness (QED) is 0.542. The summed E-state index contributed by atoms with van der Waals surface area (Å²) in [4.78, 5) is 19.9. The van der Waals surface area contributed by atoms with Gasteiger partial charge in [0.2, 0.25) is 5.88 Å². The van der Waals surface area contributed by atoms with E-state index in [0.29, 0.717) is 5.88 Å². The summed E-state index contributed by atoms with van der Waals surface area (Å²) in [6.07, 6.45) is 7.99. The van der Waals surface area contributed by atoms with Crippen molar-refractivity contribution in [3.8, 4) is 5.88 Å². The molecule has 0 amide bonds. The van der Waals surface area contributed by atoms with Crippen LogP contribution in [0, 0.1) is 0 Å². The predicted molar refractivity (Wildman–Crippen MR) is 106 cm³/mol. The number of aromatic nitrogens is 2. The minimum Gasteiger partial charge on any atom is -0.481 e. The van der Waals surface area contributed by atoms with E-state index in [2.05, 4.69) is 21.4 Å². The third-order valence-electron chi connectivity index (χ3n) is 4.66. The Morgan fingerprint density at radius 3 is 2.67 bits per heavy atom. The maximum absolute atomic E-state index is 11.2. The maximum atomic E-state index is 11.2. The second-order valence-electron chi connectivity index (χ2n) is 6.65. The largest absolute Gasteiger partial charge is 0.481 e. The van der Waals surface area contributed by atoms with Crippen LogP contribution in [0.2, 0.25) is 0 Å². The van der Waals surface area contributed by atoms with Crippen molar-refractivity contribution in [2.24, 2.45) is 0 Å². The topological polar surface area (TPSA) is 84.3 Å². The van der Waals surface area contributed by atoms with Gasteiger partial charge >= 0.3 is 5.97 Å². The Morgan fingerprint density at radius 2 is 2.00 bits per heavy atom. The van der Waals surface area contributed by atoms with Gasteiger partial charge in [-0.25, -0.2) is 9.97 Å². The number of nitrogens with zero attached hydrogens (tertiary/aromatic N) is 2. The number of rotatable bonds is 12. The molecule has 6 heteroatoms. The summed E-state index contributed by atoms with van der Waals surface area (Å²) < 4.78 is 5.07. The first-order valence-corrected chi connectivity index (χ1v) is 9.47. The van der Waals surface area contributed by atoms with Crippen LogP contribution in [0.1, 0.15) is 55.7 Å². The molecule has 0 spiro atoms. The zero-order valence-electron chi connectivity index (χ0n) is 16.1. The third kappa shape index (κ3) is 7.25. The van der Waals surface area contributed by atoms with Crippen molar-refractivity contribution in [1.29, 1.82) is 0 Å². The lowest BCUT2D eigenvalue weighted by Gasteiger charge is -2.15. The van der Waals surface area contributed by atoms with Crippen molar-refractivity contribution < 1.29 is 14.6 Å². The molecule has 2 N–H and O–H groups in total. The van der Waals surface area contributed by atoms with E-state index in [4.69, 9.17) is 4.74 Å². The van der Waals surface area contributed by atoms with Crippen molar-refractivity contribution >= 4 is 11.8 Å². The van der Waals surface area contributed by atoms with E-state index in [0.717, 1.165) is 55.6 Å². The summed E-state index contributed by atoms with van der Waals surface area (Å²) in [6, 6.07) is 9.74. The molecule has 0 radical (unpaired) electrons. The third-order valence-corrected chi connectivity index (χ3v) is 4.66. The van der Waals surface area contributed by atoms with Crippen LogP contribution in [0.15, 0.2) is 36.5 Å². The summed E-state index contributed by atoms with van der Waals surface area (Å²) in [6.45, 7) is 0. The molecule has 2 rings (SSSR count). The highest BCUT2D eigenvalue weighted by atomic mass is 16.5. The Balaban J connectivity index is 1.75. The molecule has 2 aromatic heterocycles. The lowest BCUT2D eigenvalue weighted by atomic mass is 9.91. The number of carboxylic acids is 1.